The lowest BCUT2D eigenvalue weighted by atomic mass is 9.98. The van der Waals surface area contributed by atoms with E-state index in [4.69, 9.17) is 0 Å². The Balaban J connectivity index is 1.91. The average Bonchev–Trinajstić information content (AvgIpc) is 3.21. The van der Waals surface area contributed by atoms with Gasteiger partial charge in [-0.05, 0) is 42.9 Å². The standard InChI is InChI=1S/C16H16FN3/c1-11(12-8-18-10-19-9-12)20-15-4-3-13(7-14(15)17)16(2)5-6-16/h3-4,7-10H,5-6H2,1-2H3/b20-11+. The van der Waals surface area contributed by atoms with Gasteiger partial charge in [-0.25, -0.2) is 19.4 Å². The summed E-state index contributed by atoms with van der Waals surface area (Å²) in [5, 5.41) is 0. The van der Waals surface area contributed by atoms with E-state index in [1.807, 2.05) is 13.0 Å². The zero-order valence-corrected chi connectivity index (χ0v) is 11.6. The number of hydrogen-bond acceptors (Lipinski definition) is 3. The number of aromatic nitrogens is 2. The Morgan fingerprint density at radius 3 is 2.55 bits per heavy atom. The molecule has 0 bridgehead atoms. The number of halogens is 1. The van der Waals surface area contributed by atoms with Crippen molar-refractivity contribution in [2.75, 3.05) is 0 Å². The van der Waals surface area contributed by atoms with Crippen LogP contribution in [-0.2, 0) is 5.41 Å². The van der Waals surface area contributed by atoms with Crippen molar-refractivity contribution >= 4 is 11.4 Å². The summed E-state index contributed by atoms with van der Waals surface area (Å²) in [6, 6.07) is 5.34. The molecule has 1 aromatic heterocycles. The molecule has 1 heterocycles. The van der Waals surface area contributed by atoms with Crippen LogP contribution >= 0.6 is 0 Å². The van der Waals surface area contributed by atoms with Gasteiger partial charge in [0.2, 0.25) is 0 Å². The predicted octanol–water partition coefficient (Wildman–Crippen LogP) is 3.81. The third-order valence-electron chi connectivity index (χ3n) is 3.91. The quantitative estimate of drug-likeness (QED) is 0.795. The smallest absolute Gasteiger partial charge is 0.149 e. The van der Waals surface area contributed by atoms with E-state index in [-0.39, 0.29) is 11.2 Å². The van der Waals surface area contributed by atoms with Gasteiger partial charge in [0.1, 0.15) is 12.1 Å². The Kier molecular flexibility index (Phi) is 3.08. The summed E-state index contributed by atoms with van der Waals surface area (Å²) in [7, 11) is 0. The van der Waals surface area contributed by atoms with Crippen molar-refractivity contribution in [2.24, 2.45) is 4.99 Å². The number of benzene rings is 1. The summed E-state index contributed by atoms with van der Waals surface area (Å²) < 4.78 is 14.1. The predicted molar refractivity (Wildman–Crippen MR) is 76.9 cm³/mol. The monoisotopic (exact) mass is 269 g/mol. The number of nitrogens with zero attached hydrogens (tertiary/aromatic N) is 3. The van der Waals surface area contributed by atoms with Crippen LogP contribution in [0.1, 0.15) is 37.8 Å². The fraction of sp³-hybridized carbons (Fsp3) is 0.312. The van der Waals surface area contributed by atoms with Crippen molar-refractivity contribution in [3.8, 4) is 0 Å². The molecular weight excluding hydrogens is 253 g/mol. The van der Waals surface area contributed by atoms with Crippen molar-refractivity contribution in [3.05, 3.63) is 53.9 Å². The summed E-state index contributed by atoms with van der Waals surface area (Å²) in [6.45, 7) is 3.99. The fourth-order valence-corrected chi connectivity index (χ4v) is 2.18. The van der Waals surface area contributed by atoms with E-state index >= 15 is 0 Å². The molecular formula is C16H16FN3. The maximum Gasteiger partial charge on any atom is 0.149 e. The zero-order chi connectivity index (χ0) is 14.2. The highest BCUT2D eigenvalue weighted by molar-refractivity contribution is 5.99. The summed E-state index contributed by atoms with van der Waals surface area (Å²) in [5.41, 5.74) is 3.10. The lowest BCUT2D eigenvalue weighted by Crippen LogP contribution is -2.00. The van der Waals surface area contributed by atoms with Gasteiger partial charge in [0, 0.05) is 23.7 Å². The molecule has 0 N–H and O–H groups in total. The Morgan fingerprint density at radius 1 is 1.25 bits per heavy atom. The third-order valence-corrected chi connectivity index (χ3v) is 3.91. The molecule has 0 aliphatic heterocycles. The van der Waals surface area contributed by atoms with E-state index in [0.29, 0.717) is 11.4 Å². The van der Waals surface area contributed by atoms with Crippen LogP contribution in [-0.4, -0.2) is 15.7 Å². The summed E-state index contributed by atoms with van der Waals surface area (Å²) in [6.07, 6.45) is 7.07. The summed E-state index contributed by atoms with van der Waals surface area (Å²) in [4.78, 5) is 12.2. The van der Waals surface area contributed by atoms with Gasteiger partial charge in [0.05, 0.1) is 5.69 Å². The molecule has 3 nitrogen and oxygen atoms in total. The molecule has 3 rings (SSSR count). The molecule has 20 heavy (non-hydrogen) atoms. The van der Waals surface area contributed by atoms with Crippen LogP contribution in [0.25, 0.3) is 0 Å². The first-order chi connectivity index (χ1) is 9.58. The Hall–Kier alpha value is -2.10. The van der Waals surface area contributed by atoms with Crippen molar-refractivity contribution in [2.45, 2.75) is 32.1 Å². The topological polar surface area (TPSA) is 38.1 Å². The first-order valence-corrected chi connectivity index (χ1v) is 6.69. The minimum absolute atomic E-state index is 0.172. The van der Waals surface area contributed by atoms with E-state index in [2.05, 4.69) is 21.9 Å². The molecule has 1 aliphatic carbocycles. The molecule has 1 fully saturated rings. The molecule has 102 valence electrons. The van der Waals surface area contributed by atoms with Crippen LogP contribution < -0.4 is 0 Å². The highest BCUT2D eigenvalue weighted by atomic mass is 19.1. The van der Waals surface area contributed by atoms with Gasteiger partial charge in [-0.3, -0.25) is 0 Å². The molecule has 0 radical (unpaired) electrons. The maximum absolute atomic E-state index is 14.1. The van der Waals surface area contributed by atoms with Gasteiger partial charge in [-0.2, -0.15) is 0 Å². The van der Waals surface area contributed by atoms with Gasteiger partial charge < -0.3 is 0 Å². The van der Waals surface area contributed by atoms with Crippen molar-refractivity contribution in [1.29, 1.82) is 0 Å². The van der Waals surface area contributed by atoms with Crippen molar-refractivity contribution in [3.63, 3.8) is 0 Å². The highest BCUT2D eigenvalue weighted by Gasteiger charge is 2.39. The molecule has 0 atom stereocenters. The SMILES string of the molecule is C/C(=N\c1ccc(C2(C)CC2)cc1F)c1cncnc1. The van der Waals surface area contributed by atoms with E-state index < -0.39 is 0 Å². The van der Waals surface area contributed by atoms with Gasteiger partial charge >= 0.3 is 0 Å². The van der Waals surface area contributed by atoms with E-state index in [1.165, 1.54) is 6.33 Å². The normalized spacial score (nSPS) is 17.1. The van der Waals surface area contributed by atoms with Crippen LogP contribution in [0.2, 0.25) is 0 Å². The van der Waals surface area contributed by atoms with Crippen LogP contribution in [0.3, 0.4) is 0 Å². The number of aliphatic imine (C=N–C) groups is 1. The largest absolute Gasteiger partial charge is 0.250 e. The molecule has 0 unspecified atom stereocenters. The molecule has 0 saturated heterocycles. The molecule has 0 spiro atoms. The molecule has 1 saturated carbocycles. The minimum Gasteiger partial charge on any atom is -0.250 e. The maximum atomic E-state index is 14.1. The van der Waals surface area contributed by atoms with Crippen LogP contribution in [0.4, 0.5) is 10.1 Å². The minimum atomic E-state index is -0.271. The third kappa shape index (κ3) is 2.46. The van der Waals surface area contributed by atoms with E-state index in [9.17, 15) is 4.39 Å². The van der Waals surface area contributed by atoms with Crippen LogP contribution in [0, 0.1) is 5.82 Å². The lowest BCUT2D eigenvalue weighted by Gasteiger charge is -2.09. The zero-order valence-electron chi connectivity index (χ0n) is 11.6. The second-order valence-corrected chi connectivity index (χ2v) is 5.55. The second-order valence-electron chi connectivity index (χ2n) is 5.55. The van der Waals surface area contributed by atoms with Gasteiger partial charge in [0.15, 0.2) is 0 Å². The molecule has 1 aromatic carbocycles. The van der Waals surface area contributed by atoms with Gasteiger partial charge in [-0.15, -0.1) is 0 Å². The van der Waals surface area contributed by atoms with Crippen LogP contribution in [0.5, 0.6) is 0 Å². The van der Waals surface area contributed by atoms with Gasteiger partial charge in [0.25, 0.3) is 0 Å². The average molecular weight is 269 g/mol. The van der Waals surface area contributed by atoms with E-state index in [0.717, 1.165) is 24.0 Å². The molecule has 2 aromatic rings. The fourth-order valence-electron chi connectivity index (χ4n) is 2.18. The number of hydrogen-bond donors (Lipinski definition) is 0. The second kappa shape index (κ2) is 4.78. The molecule has 1 aliphatic rings. The summed E-state index contributed by atoms with van der Waals surface area (Å²) in [5.74, 6) is -0.271. The Morgan fingerprint density at radius 2 is 1.95 bits per heavy atom. The number of rotatable bonds is 3. The van der Waals surface area contributed by atoms with Crippen molar-refractivity contribution in [1.82, 2.24) is 9.97 Å². The lowest BCUT2D eigenvalue weighted by molar-refractivity contribution is 0.623. The molecule has 4 heteroatoms. The first-order valence-electron chi connectivity index (χ1n) is 6.69. The van der Waals surface area contributed by atoms with Crippen LogP contribution in [0.15, 0.2) is 41.9 Å². The first kappa shape index (κ1) is 12.9. The van der Waals surface area contributed by atoms with E-state index in [1.54, 1.807) is 24.5 Å². The highest BCUT2D eigenvalue weighted by Crippen LogP contribution is 2.48. The molecule has 0 amide bonds. The Bertz CT molecular complexity index is 661. The summed E-state index contributed by atoms with van der Waals surface area (Å²) >= 11 is 0. The van der Waals surface area contributed by atoms with Gasteiger partial charge in [-0.1, -0.05) is 13.0 Å². The Labute approximate surface area is 117 Å². The van der Waals surface area contributed by atoms with Crippen molar-refractivity contribution < 1.29 is 4.39 Å².